The standard InChI is InChI=1S/C20H23ClFN3O/c21-17-5-3-6-18(22)16(17)14-24-10-12-25(13-11-24)20(26)9-8-15-4-1-2-7-19(15)23/h1-7H,8-14,23H2. The summed E-state index contributed by atoms with van der Waals surface area (Å²) >= 11 is 6.10. The number of aryl methyl sites for hydroxylation is 1. The molecule has 0 atom stereocenters. The average Bonchev–Trinajstić information content (AvgIpc) is 2.64. The second-order valence-corrected chi connectivity index (χ2v) is 6.96. The second kappa shape index (κ2) is 8.52. The van der Waals surface area contributed by atoms with Crippen LogP contribution in [0.2, 0.25) is 5.02 Å². The first-order valence-corrected chi connectivity index (χ1v) is 9.19. The van der Waals surface area contributed by atoms with Crippen molar-refractivity contribution < 1.29 is 9.18 Å². The minimum Gasteiger partial charge on any atom is -0.399 e. The van der Waals surface area contributed by atoms with Gasteiger partial charge in [0.05, 0.1) is 0 Å². The number of nitrogens with two attached hydrogens (primary N) is 1. The zero-order valence-corrected chi connectivity index (χ0v) is 15.4. The largest absolute Gasteiger partial charge is 0.399 e. The lowest BCUT2D eigenvalue weighted by Gasteiger charge is -2.35. The summed E-state index contributed by atoms with van der Waals surface area (Å²) in [7, 11) is 0. The highest BCUT2D eigenvalue weighted by molar-refractivity contribution is 6.31. The molecule has 1 fully saturated rings. The molecule has 1 amide bonds. The van der Waals surface area contributed by atoms with Crippen LogP contribution in [0.15, 0.2) is 42.5 Å². The van der Waals surface area contributed by atoms with Crippen LogP contribution >= 0.6 is 11.6 Å². The molecule has 138 valence electrons. The molecule has 0 saturated carbocycles. The Balaban J connectivity index is 1.49. The number of nitrogens with zero attached hydrogens (tertiary/aromatic N) is 2. The van der Waals surface area contributed by atoms with E-state index < -0.39 is 0 Å². The van der Waals surface area contributed by atoms with E-state index in [0.29, 0.717) is 56.2 Å². The third-order valence-corrected chi connectivity index (χ3v) is 5.19. The van der Waals surface area contributed by atoms with Crippen LogP contribution in [0.5, 0.6) is 0 Å². The summed E-state index contributed by atoms with van der Waals surface area (Å²) in [6, 6.07) is 12.4. The van der Waals surface area contributed by atoms with Gasteiger partial charge < -0.3 is 10.6 Å². The minimum atomic E-state index is -0.281. The van der Waals surface area contributed by atoms with Gasteiger partial charge in [-0.15, -0.1) is 0 Å². The summed E-state index contributed by atoms with van der Waals surface area (Å²) < 4.78 is 13.9. The maximum Gasteiger partial charge on any atom is 0.222 e. The van der Waals surface area contributed by atoms with Crippen molar-refractivity contribution in [3.05, 3.63) is 64.4 Å². The summed E-state index contributed by atoms with van der Waals surface area (Å²) in [6.07, 6.45) is 1.10. The molecule has 6 heteroatoms. The Labute approximate surface area is 158 Å². The first-order chi connectivity index (χ1) is 12.5. The number of hydrogen-bond donors (Lipinski definition) is 1. The molecule has 0 bridgehead atoms. The summed E-state index contributed by atoms with van der Waals surface area (Å²) in [6.45, 7) is 3.19. The molecule has 1 saturated heterocycles. The number of amides is 1. The molecule has 2 N–H and O–H groups in total. The monoisotopic (exact) mass is 375 g/mol. The number of nitrogen functional groups attached to an aromatic ring is 1. The van der Waals surface area contributed by atoms with Crippen LogP contribution in [0, 0.1) is 5.82 Å². The van der Waals surface area contributed by atoms with Gasteiger partial charge in [-0.05, 0) is 30.2 Å². The predicted octanol–water partition coefficient (Wildman–Crippen LogP) is 3.34. The number of para-hydroxylation sites is 1. The predicted molar refractivity (Wildman–Crippen MR) is 102 cm³/mol. The Morgan fingerprint density at radius 3 is 2.50 bits per heavy atom. The highest BCUT2D eigenvalue weighted by atomic mass is 35.5. The molecular formula is C20H23ClFN3O. The number of carbonyl (C=O) groups is 1. The quantitative estimate of drug-likeness (QED) is 0.815. The van der Waals surface area contributed by atoms with Crippen LogP contribution in [0.4, 0.5) is 10.1 Å². The van der Waals surface area contributed by atoms with Crippen molar-refractivity contribution in [1.29, 1.82) is 0 Å². The number of benzene rings is 2. The van der Waals surface area contributed by atoms with E-state index in [4.69, 9.17) is 17.3 Å². The lowest BCUT2D eigenvalue weighted by atomic mass is 10.1. The highest BCUT2D eigenvalue weighted by Gasteiger charge is 2.22. The van der Waals surface area contributed by atoms with Crippen molar-refractivity contribution in [3.8, 4) is 0 Å². The number of hydrogen-bond acceptors (Lipinski definition) is 3. The molecule has 0 unspecified atom stereocenters. The maximum atomic E-state index is 13.9. The van der Waals surface area contributed by atoms with Crippen molar-refractivity contribution in [2.45, 2.75) is 19.4 Å². The molecule has 26 heavy (non-hydrogen) atoms. The van der Waals surface area contributed by atoms with E-state index in [1.807, 2.05) is 29.2 Å². The van der Waals surface area contributed by atoms with Gasteiger partial charge in [-0.25, -0.2) is 4.39 Å². The van der Waals surface area contributed by atoms with Crippen LogP contribution in [-0.2, 0) is 17.8 Å². The highest BCUT2D eigenvalue weighted by Crippen LogP contribution is 2.21. The summed E-state index contributed by atoms with van der Waals surface area (Å²) in [4.78, 5) is 16.4. The Morgan fingerprint density at radius 1 is 1.08 bits per heavy atom. The SMILES string of the molecule is Nc1ccccc1CCC(=O)N1CCN(Cc2c(F)cccc2Cl)CC1. The van der Waals surface area contributed by atoms with Crippen molar-refractivity contribution in [1.82, 2.24) is 9.80 Å². The molecule has 0 radical (unpaired) electrons. The van der Waals surface area contributed by atoms with Crippen molar-refractivity contribution in [3.63, 3.8) is 0 Å². The molecule has 0 aromatic heterocycles. The van der Waals surface area contributed by atoms with Crippen LogP contribution < -0.4 is 5.73 Å². The van der Waals surface area contributed by atoms with Gasteiger partial charge in [0, 0.05) is 55.4 Å². The van der Waals surface area contributed by atoms with Gasteiger partial charge >= 0.3 is 0 Å². The van der Waals surface area contributed by atoms with E-state index in [-0.39, 0.29) is 11.7 Å². The van der Waals surface area contributed by atoms with Crippen LogP contribution in [0.1, 0.15) is 17.5 Å². The van der Waals surface area contributed by atoms with E-state index in [1.54, 1.807) is 12.1 Å². The molecule has 1 heterocycles. The van der Waals surface area contributed by atoms with E-state index in [9.17, 15) is 9.18 Å². The van der Waals surface area contributed by atoms with E-state index in [2.05, 4.69) is 4.90 Å². The second-order valence-electron chi connectivity index (χ2n) is 6.56. The number of rotatable bonds is 5. The summed E-state index contributed by atoms with van der Waals surface area (Å²) in [5.41, 5.74) is 8.19. The number of carbonyl (C=O) groups excluding carboxylic acids is 1. The lowest BCUT2D eigenvalue weighted by molar-refractivity contribution is -0.133. The normalized spacial score (nSPS) is 15.2. The summed E-state index contributed by atoms with van der Waals surface area (Å²) in [5, 5.41) is 0.448. The smallest absolute Gasteiger partial charge is 0.222 e. The molecule has 2 aromatic carbocycles. The van der Waals surface area contributed by atoms with E-state index in [0.717, 1.165) is 11.3 Å². The topological polar surface area (TPSA) is 49.6 Å². The van der Waals surface area contributed by atoms with Gasteiger partial charge in [0.1, 0.15) is 5.82 Å². The zero-order chi connectivity index (χ0) is 18.5. The van der Waals surface area contributed by atoms with Crippen LogP contribution in [-0.4, -0.2) is 41.9 Å². The first kappa shape index (κ1) is 18.7. The Morgan fingerprint density at radius 2 is 1.81 bits per heavy atom. The molecule has 4 nitrogen and oxygen atoms in total. The van der Waals surface area contributed by atoms with Crippen molar-refractivity contribution >= 4 is 23.2 Å². The molecule has 0 spiro atoms. The lowest BCUT2D eigenvalue weighted by Crippen LogP contribution is -2.48. The fourth-order valence-electron chi connectivity index (χ4n) is 3.22. The van der Waals surface area contributed by atoms with Gasteiger partial charge in [0.25, 0.3) is 0 Å². The van der Waals surface area contributed by atoms with Crippen LogP contribution in [0.3, 0.4) is 0 Å². The maximum absolute atomic E-state index is 13.9. The first-order valence-electron chi connectivity index (χ1n) is 8.81. The van der Waals surface area contributed by atoms with Gasteiger partial charge in [-0.1, -0.05) is 35.9 Å². The van der Waals surface area contributed by atoms with E-state index in [1.165, 1.54) is 6.07 Å². The number of anilines is 1. The molecule has 3 rings (SSSR count). The summed E-state index contributed by atoms with van der Waals surface area (Å²) in [5.74, 6) is -0.145. The van der Waals surface area contributed by atoms with Gasteiger partial charge in [0.2, 0.25) is 5.91 Å². The Kier molecular flexibility index (Phi) is 6.12. The fraction of sp³-hybridized carbons (Fsp3) is 0.350. The molecule has 2 aromatic rings. The number of piperazine rings is 1. The average molecular weight is 376 g/mol. The van der Waals surface area contributed by atoms with Crippen LogP contribution in [0.25, 0.3) is 0 Å². The zero-order valence-electron chi connectivity index (χ0n) is 14.6. The third kappa shape index (κ3) is 4.54. The van der Waals surface area contributed by atoms with E-state index >= 15 is 0 Å². The Bertz CT molecular complexity index is 755. The number of halogens is 2. The molecule has 1 aliphatic heterocycles. The molecule has 0 aliphatic carbocycles. The van der Waals surface area contributed by atoms with Crippen molar-refractivity contribution in [2.75, 3.05) is 31.9 Å². The molecular weight excluding hydrogens is 353 g/mol. The Hall–Kier alpha value is -2.11. The van der Waals surface area contributed by atoms with Gasteiger partial charge in [-0.2, -0.15) is 0 Å². The minimum absolute atomic E-state index is 0.136. The van der Waals surface area contributed by atoms with Gasteiger partial charge in [-0.3, -0.25) is 9.69 Å². The van der Waals surface area contributed by atoms with Crippen molar-refractivity contribution in [2.24, 2.45) is 0 Å². The van der Waals surface area contributed by atoms with Gasteiger partial charge in [0.15, 0.2) is 0 Å². The fourth-order valence-corrected chi connectivity index (χ4v) is 3.45. The third-order valence-electron chi connectivity index (χ3n) is 4.83. The molecule has 1 aliphatic rings.